The molecule has 7 nitrogen and oxygen atoms in total. The van der Waals surface area contributed by atoms with Gasteiger partial charge < -0.3 is 24.1 Å². The maximum atomic E-state index is 12.8. The molecular formula is C26H28N2O5. The number of aromatic hydroxyl groups is 1. The average molecular weight is 449 g/mol. The molecule has 5 rings (SSSR count). The lowest BCUT2D eigenvalue weighted by atomic mass is 10.0. The van der Waals surface area contributed by atoms with Gasteiger partial charge in [0.15, 0.2) is 5.43 Å². The van der Waals surface area contributed by atoms with Gasteiger partial charge >= 0.3 is 6.09 Å². The highest BCUT2D eigenvalue weighted by Crippen LogP contribution is 2.31. The Bertz CT molecular complexity index is 1190. The summed E-state index contributed by atoms with van der Waals surface area (Å²) in [5, 5.41) is 10.5. The Labute approximate surface area is 192 Å². The normalized spacial score (nSPS) is 17.9. The number of carbonyl (C=O) groups excluding carboxylic acids is 1. The Kier molecular flexibility index (Phi) is 6.05. The highest BCUT2D eigenvalue weighted by atomic mass is 16.6. The van der Waals surface area contributed by atoms with E-state index in [0.717, 1.165) is 31.5 Å². The van der Waals surface area contributed by atoms with Gasteiger partial charge in [0.1, 0.15) is 28.2 Å². The van der Waals surface area contributed by atoms with Crippen LogP contribution in [0, 0.1) is 0 Å². The Balaban J connectivity index is 1.31. The van der Waals surface area contributed by atoms with E-state index < -0.39 is 6.09 Å². The van der Waals surface area contributed by atoms with Crippen LogP contribution in [0.2, 0.25) is 0 Å². The van der Waals surface area contributed by atoms with Gasteiger partial charge in [-0.2, -0.15) is 0 Å². The Morgan fingerprint density at radius 3 is 2.42 bits per heavy atom. The lowest BCUT2D eigenvalue weighted by molar-refractivity contribution is 0.0878. The van der Waals surface area contributed by atoms with Gasteiger partial charge in [-0.05, 0) is 38.8 Å². The van der Waals surface area contributed by atoms with E-state index in [2.05, 4.69) is 4.90 Å². The van der Waals surface area contributed by atoms with Crippen molar-refractivity contribution in [2.45, 2.75) is 38.1 Å². The van der Waals surface area contributed by atoms with Crippen molar-refractivity contribution >= 4 is 17.1 Å². The average Bonchev–Trinajstić information content (AvgIpc) is 2.84. The van der Waals surface area contributed by atoms with Gasteiger partial charge in [0, 0.05) is 42.9 Å². The second-order valence-electron chi connectivity index (χ2n) is 8.84. The van der Waals surface area contributed by atoms with Gasteiger partial charge in [0.05, 0.1) is 0 Å². The van der Waals surface area contributed by atoms with Crippen LogP contribution in [-0.4, -0.2) is 53.2 Å². The lowest BCUT2D eigenvalue weighted by Gasteiger charge is -2.39. The zero-order valence-electron chi connectivity index (χ0n) is 18.5. The summed E-state index contributed by atoms with van der Waals surface area (Å²) >= 11 is 0. The van der Waals surface area contributed by atoms with Crippen molar-refractivity contribution in [3.63, 3.8) is 0 Å². The Morgan fingerprint density at radius 2 is 1.70 bits per heavy atom. The number of benzene rings is 2. The first-order valence-corrected chi connectivity index (χ1v) is 11.7. The third-order valence-electron chi connectivity index (χ3n) is 6.68. The van der Waals surface area contributed by atoms with E-state index in [1.807, 2.05) is 30.3 Å². The maximum absolute atomic E-state index is 12.8. The van der Waals surface area contributed by atoms with Crippen LogP contribution in [0.5, 0.6) is 11.5 Å². The number of likely N-dealkylation sites (tertiary alicyclic amines) is 2. The summed E-state index contributed by atoms with van der Waals surface area (Å²) in [7, 11) is 0. The summed E-state index contributed by atoms with van der Waals surface area (Å²) in [6.45, 7) is 3.60. The van der Waals surface area contributed by atoms with Crippen LogP contribution in [0.3, 0.4) is 0 Å². The molecule has 1 aromatic heterocycles. The van der Waals surface area contributed by atoms with Crippen LogP contribution in [0.15, 0.2) is 57.7 Å². The fourth-order valence-electron chi connectivity index (χ4n) is 4.91. The third-order valence-corrected chi connectivity index (χ3v) is 6.68. The van der Waals surface area contributed by atoms with Crippen LogP contribution < -0.4 is 10.2 Å². The monoisotopic (exact) mass is 448 g/mol. The molecule has 0 saturated carbocycles. The molecule has 2 fully saturated rings. The molecule has 0 aliphatic carbocycles. The fraction of sp³-hybridized carbons (Fsp3) is 0.385. The number of phenolic OH excluding ortho intramolecular Hbond substituents is 1. The summed E-state index contributed by atoms with van der Waals surface area (Å²) in [4.78, 5) is 29.6. The zero-order valence-corrected chi connectivity index (χ0v) is 18.5. The number of hydrogen-bond acceptors (Lipinski definition) is 6. The number of piperidine rings is 2. The van der Waals surface area contributed by atoms with E-state index in [9.17, 15) is 14.7 Å². The highest BCUT2D eigenvalue weighted by molar-refractivity contribution is 5.86. The smallest absolute Gasteiger partial charge is 0.415 e. The summed E-state index contributed by atoms with van der Waals surface area (Å²) in [5.74, 6) is 0.264. The van der Waals surface area contributed by atoms with Crippen LogP contribution >= 0.6 is 0 Å². The van der Waals surface area contributed by atoms with Crippen LogP contribution in [0.25, 0.3) is 22.3 Å². The quantitative estimate of drug-likeness (QED) is 0.630. The third kappa shape index (κ3) is 4.59. The molecular weight excluding hydrogens is 420 g/mol. The molecule has 0 bridgehead atoms. The van der Waals surface area contributed by atoms with Gasteiger partial charge in [0.25, 0.3) is 0 Å². The summed E-state index contributed by atoms with van der Waals surface area (Å²) in [5.41, 5.74) is 0.563. The first-order valence-electron chi connectivity index (χ1n) is 11.7. The largest absolute Gasteiger partial charge is 0.507 e. The molecule has 0 radical (unpaired) electrons. The second kappa shape index (κ2) is 9.27. The van der Waals surface area contributed by atoms with Crippen molar-refractivity contribution < 1.29 is 19.1 Å². The van der Waals surface area contributed by atoms with Crippen LogP contribution in [0.1, 0.15) is 32.1 Å². The summed E-state index contributed by atoms with van der Waals surface area (Å²) in [6, 6.07) is 13.9. The number of phenols is 1. The number of ether oxygens (including phenoxy) is 1. The number of rotatable bonds is 3. The molecule has 2 aliphatic heterocycles. The summed E-state index contributed by atoms with van der Waals surface area (Å²) < 4.78 is 11.4. The number of fused-ring (bicyclic) bond motifs is 1. The van der Waals surface area contributed by atoms with E-state index >= 15 is 0 Å². The highest BCUT2D eigenvalue weighted by Gasteiger charge is 2.28. The number of amides is 1. The van der Waals surface area contributed by atoms with Gasteiger partial charge in [-0.3, -0.25) is 4.79 Å². The molecule has 172 valence electrons. The van der Waals surface area contributed by atoms with Crippen LogP contribution in [-0.2, 0) is 0 Å². The van der Waals surface area contributed by atoms with Gasteiger partial charge in [-0.1, -0.05) is 36.8 Å². The maximum Gasteiger partial charge on any atom is 0.415 e. The minimum atomic E-state index is -0.451. The van der Waals surface area contributed by atoms with Gasteiger partial charge in [-0.25, -0.2) is 4.79 Å². The molecule has 1 amide bonds. The molecule has 3 heterocycles. The van der Waals surface area contributed by atoms with Gasteiger partial charge in [0.2, 0.25) is 0 Å². The molecule has 33 heavy (non-hydrogen) atoms. The van der Waals surface area contributed by atoms with Gasteiger partial charge in [-0.15, -0.1) is 0 Å². The zero-order chi connectivity index (χ0) is 22.8. The molecule has 0 atom stereocenters. The summed E-state index contributed by atoms with van der Waals surface area (Å²) in [6.07, 6.45) is 5.26. The SMILES string of the molecule is O=C(Oc1cc(O)c2c(=O)cc(-c3ccccc3)oc2c1)N1CCC(N2CCCCC2)CC1. The molecule has 2 aliphatic rings. The van der Waals surface area contributed by atoms with E-state index in [-0.39, 0.29) is 27.9 Å². The first kappa shape index (κ1) is 21.5. The molecule has 2 aromatic carbocycles. The van der Waals surface area contributed by atoms with Crippen molar-refractivity contribution in [3.05, 3.63) is 58.8 Å². The predicted octanol–water partition coefficient (Wildman–Crippen LogP) is 4.61. The van der Waals surface area contributed by atoms with E-state index in [1.165, 1.54) is 37.5 Å². The topological polar surface area (TPSA) is 83.2 Å². The second-order valence-corrected chi connectivity index (χ2v) is 8.84. The standard InChI is InChI=1S/C26H28N2O5/c29-21-15-20(16-24-25(21)22(30)17-23(33-24)18-7-3-1-4-8-18)32-26(31)28-13-9-19(10-14-28)27-11-5-2-6-12-27/h1,3-4,7-8,15-17,19,29H,2,5-6,9-14H2. The van der Waals surface area contributed by atoms with E-state index in [1.54, 1.807) is 4.90 Å². The first-order chi connectivity index (χ1) is 16.1. The molecule has 1 N–H and O–H groups in total. The predicted molar refractivity (Wildman–Crippen MR) is 126 cm³/mol. The molecule has 2 saturated heterocycles. The Morgan fingerprint density at radius 1 is 0.970 bits per heavy atom. The lowest BCUT2D eigenvalue weighted by Crippen LogP contribution is -2.48. The minimum Gasteiger partial charge on any atom is -0.507 e. The van der Waals surface area contributed by atoms with E-state index in [4.69, 9.17) is 9.15 Å². The number of nitrogens with zero attached hydrogens (tertiary/aromatic N) is 2. The molecule has 3 aromatic rings. The fourth-order valence-corrected chi connectivity index (χ4v) is 4.91. The molecule has 7 heteroatoms. The number of carbonyl (C=O) groups is 1. The number of hydrogen-bond donors (Lipinski definition) is 1. The van der Waals surface area contributed by atoms with Crippen LogP contribution in [0.4, 0.5) is 4.79 Å². The van der Waals surface area contributed by atoms with E-state index in [0.29, 0.717) is 24.9 Å². The molecule has 0 unspecified atom stereocenters. The van der Waals surface area contributed by atoms with Crippen molar-refractivity contribution in [2.75, 3.05) is 26.2 Å². The minimum absolute atomic E-state index is 0.0665. The van der Waals surface area contributed by atoms with Crippen molar-refractivity contribution in [1.29, 1.82) is 0 Å². The van der Waals surface area contributed by atoms with Crippen molar-refractivity contribution in [3.8, 4) is 22.8 Å². The van der Waals surface area contributed by atoms with Crippen molar-refractivity contribution in [2.24, 2.45) is 0 Å². The molecule has 0 spiro atoms. The van der Waals surface area contributed by atoms with Crippen molar-refractivity contribution in [1.82, 2.24) is 9.80 Å². The Hall–Kier alpha value is -3.32.